The fraction of sp³-hybridized carbons (Fsp3) is 0.115. The predicted molar refractivity (Wildman–Crippen MR) is 124 cm³/mol. The van der Waals surface area contributed by atoms with Gasteiger partial charge >= 0.3 is 5.97 Å². The Kier molecular flexibility index (Phi) is 5.85. The summed E-state index contributed by atoms with van der Waals surface area (Å²) in [5, 5.41) is 10.0. The third-order valence-electron chi connectivity index (χ3n) is 5.21. The number of benzene rings is 2. The molecule has 2 aromatic heterocycles. The Morgan fingerprint density at radius 1 is 1.06 bits per heavy atom. The van der Waals surface area contributed by atoms with Gasteiger partial charge in [0.15, 0.2) is 5.78 Å². The van der Waals surface area contributed by atoms with Crippen molar-refractivity contribution in [3.8, 4) is 11.1 Å². The Morgan fingerprint density at radius 3 is 2.53 bits per heavy atom. The number of carboxylic acid groups (broad SMARTS) is 1. The summed E-state index contributed by atoms with van der Waals surface area (Å²) in [5.41, 5.74) is 10.3. The molecule has 4 rings (SSSR count). The van der Waals surface area contributed by atoms with Crippen LogP contribution in [0, 0.1) is 6.92 Å². The SMILES string of the molecule is Cc1cc(-c2ccc(C(=O)O)cc2)cc2cc(CCC(=O)/C=C/c3ccc(N)nc3)oc12. The summed E-state index contributed by atoms with van der Waals surface area (Å²) in [4.78, 5) is 27.3. The summed E-state index contributed by atoms with van der Waals surface area (Å²) in [5.74, 6) is 0.238. The molecule has 0 unspecified atom stereocenters. The normalized spacial score (nSPS) is 11.3. The first kappa shape index (κ1) is 21.1. The molecule has 0 amide bonds. The molecule has 6 heteroatoms. The second kappa shape index (κ2) is 8.89. The highest BCUT2D eigenvalue weighted by molar-refractivity contribution is 5.94. The molecule has 0 aliphatic heterocycles. The molecule has 3 N–H and O–H groups in total. The number of pyridine rings is 1. The third-order valence-corrected chi connectivity index (χ3v) is 5.21. The zero-order valence-corrected chi connectivity index (χ0v) is 17.5. The summed E-state index contributed by atoms with van der Waals surface area (Å²) in [6.45, 7) is 1.97. The summed E-state index contributed by atoms with van der Waals surface area (Å²) >= 11 is 0. The van der Waals surface area contributed by atoms with E-state index in [-0.39, 0.29) is 11.3 Å². The van der Waals surface area contributed by atoms with Crippen molar-refractivity contribution in [2.75, 3.05) is 5.73 Å². The van der Waals surface area contributed by atoms with Crippen LogP contribution in [0.4, 0.5) is 5.82 Å². The summed E-state index contributed by atoms with van der Waals surface area (Å²) < 4.78 is 5.99. The van der Waals surface area contributed by atoms with E-state index in [1.54, 1.807) is 54.7 Å². The van der Waals surface area contributed by atoms with E-state index in [2.05, 4.69) is 4.98 Å². The monoisotopic (exact) mass is 426 g/mol. The van der Waals surface area contributed by atoms with Gasteiger partial charge in [-0.05, 0) is 83.8 Å². The number of ketones is 1. The minimum atomic E-state index is -0.947. The fourth-order valence-corrected chi connectivity index (χ4v) is 3.51. The van der Waals surface area contributed by atoms with E-state index in [0.717, 1.165) is 39.0 Å². The van der Waals surface area contributed by atoms with Crippen LogP contribution in [-0.4, -0.2) is 21.8 Å². The number of carbonyl (C=O) groups excluding carboxylic acids is 1. The molecule has 4 aromatic rings. The largest absolute Gasteiger partial charge is 0.478 e. The van der Waals surface area contributed by atoms with Gasteiger partial charge in [0.05, 0.1) is 5.56 Å². The topological polar surface area (TPSA) is 106 Å². The summed E-state index contributed by atoms with van der Waals surface area (Å²) in [6, 6.07) is 16.3. The van der Waals surface area contributed by atoms with Crippen LogP contribution in [0.2, 0.25) is 0 Å². The Morgan fingerprint density at radius 2 is 1.84 bits per heavy atom. The number of aromatic carboxylic acids is 1. The zero-order chi connectivity index (χ0) is 22.7. The van der Waals surface area contributed by atoms with Gasteiger partial charge in [-0.15, -0.1) is 0 Å². The van der Waals surface area contributed by atoms with Gasteiger partial charge in [0.25, 0.3) is 0 Å². The van der Waals surface area contributed by atoms with E-state index in [1.807, 2.05) is 25.1 Å². The lowest BCUT2D eigenvalue weighted by molar-refractivity contribution is -0.114. The average Bonchev–Trinajstić information content (AvgIpc) is 3.21. The number of fused-ring (bicyclic) bond motifs is 1. The van der Waals surface area contributed by atoms with Crippen LogP contribution in [0.3, 0.4) is 0 Å². The van der Waals surface area contributed by atoms with Crippen LogP contribution in [0.5, 0.6) is 0 Å². The van der Waals surface area contributed by atoms with Gasteiger partial charge < -0.3 is 15.3 Å². The van der Waals surface area contributed by atoms with Gasteiger partial charge in [0, 0.05) is 24.4 Å². The number of nitrogen functional groups attached to an aromatic ring is 1. The fourth-order valence-electron chi connectivity index (χ4n) is 3.51. The molecule has 2 heterocycles. The minimum absolute atomic E-state index is 0.00166. The van der Waals surface area contributed by atoms with Gasteiger partial charge in [-0.3, -0.25) is 4.79 Å². The van der Waals surface area contributed by atoms with Crippen molar-refractivity contribution < 1.29 is 19.1 Å². The van der Waals surface area contributed by atoms with Crippen LogP contribution in [0.1, 0.15) is 33.7 Å². The van der Waals surface area contributed by atoms with E-state index in [4.69, 9.17) is 15.3 Å². The number of aromatic nitrogens is 1. The van der Waals surface area contributed by atoms with Gasteiger partial charge in [-0.1, -0.05) is 12.1 Å². The highest BCUT2D eigenvalue weighted by Gasteiger charge is 2.11. The predicted octanol–water partition coefficient (Wildman–Crippen LogP) is 5.30. The summed E-state index contributed by atoms with van der Waals surface area (Å²) in [7, 11) is 0. The van der Waals surface area contributed by atoms with Crippen LogP contribution in [-0.2, 0) is 11.2 Å². The molecule has 0 aliphatic carbocycles. The van der Waals surface area contributed by atoms with Crippen LogP contribution in [0.15, 0.2) is 71.3 Å². The number of allylic oxidation sites excluding steroid dienone is 1. The standard InChI is InChI=1S/C26H22N2O4/c1-16-12-20(18-4-6-19(7-5-18)26(30)31)13-21-14-23(32-25(16)21)10-9-22(29)8-2-17-3-11-24(27)28-15-17/h2-8,11-15H,9-10H2,1H3,(H2,27,28)(H,30,31)/b8-2+. The molecule has 0 spiro atoms. The highest BCUT2D eigenvalue weighted by Crippen LogP contribution is 2.30. The number of hydrogen-bond acceptors (Lipinski definition) is 5. The second-order valence-corrected chi connectivity index (χ2v) is 7.62. The van der Waals surface area contributed by atoms with Crippen molar-refractivity contribution in [2.45, 2.75) is 19.8 Å². The first-order valence-corrected chi connectivity index (χ1v) is 10.2. The number of carboxylic acids is 1. The third kappa shape index (κ3) is 4.75. The molecule has 0 atom stereocenters. The Labute approximate surface area is 185 Å². The number of nitrogens with two attached hydrogens (primary N) is 1. The van der Waals surface area contributed by atoms with Gasteiger partial charge in [-0.2, -0.15) is 0 Å². The van der Waals surface area contributed by atoms with Gasteiger partial charge in [-0.25, -0.2) is 9.78 Å². The quantitative estimate of drug-likeness (QED) is 0.389. The van der Waals surface area contributed by atoms with Gasteiger partial charge in [0.2, 0.25) is 0 Å². The highest BCUT2D eigenvalue weighted by atomic mass is 16.4. The molecule has 0 aliphatic rings. The molecule has 32 heavy (non-hydrogen) atoms. The van der Waals surface area contributed by atoms with E-state index in [9.17, 15) is 9.59 Å². The van der Waals surface area contributed by atoms with Crippen molar-refractivity contribution in [1.82, 2.24) is 4.98 Å². The van der Waals surface area contributed by atoms with E-state index >= 15 is 0 Å². The molecular weight excluding hydrogens is 404 g/mol. The maximum Gasteiger partial charge on any atom is 0.335 e. The molecule has 160 valence electrons. The van der Waals surface area contributed by atoms with Crippen LogP contribution < -0.4 is 5.73 Å². The van der Waals surface area contributed by atoms with E-state index in [1.165, 1.54) is 0 Å². The van der Waals surface area contributed by atoms with Crippen molar-refractivity contribution in [2.24, 2.45) is 0 Å². The zero-order valence-electron chi connectivity index (χ0n) is 17.5. The Hall–Kier alpha value is -4.19. The van der Waals surface area contributed by atoms with Crippen LogP contribution >= 0.6 is 0 Å². The number of furan rings is 1. The molecule has 6 nitrogen and oxygen atoms in total. The molecule has 0 saturated carbocycles. The Balaban J connectivity index is 1.47. The number of rotatable bonds is 7. The number of anilines is 1. The van der Waals surface area contributed by atoms with E-state index < -0.39 is 5.97 Å². The maximum absolute atomic E-state index is 12.2. The van der Waals surface area contributed by atoms with Crippen molar-refractivity contribution in [1.29, 1.82) is 0 Å². The first-order valence-electron chi connectivity index (χ1n) is 10.2. The van der Waals surface area contributed by atoms with Crippen LogP contribution in [0.25, 0.3) is 28.2 Å². The molecule has 0 saturated heterocycles. The number of nitrogens with zero attached hydrogens (tertiary/aromatic N) is 1. The lowest BCUT2D eigenvalue weighted by Crippen LogP contribution is -1.95. The van der Waals surface area contributed by atoms with Crippen molar-refractivity contribution in [3.05, 3.63) is 89.3 Å². The van der Waals surface area contributed by atoms with Gasteiger partial charge in [0.1, 0.15) is 17.2 Å². The molecule has 0 bridgehead atoms. The molecule has 0 radical (unpaired) electrons. The average molecular weight is 426 g/mol. The lowest BCUT2D eigenvalue weighted by atomic mass is 10.00. The number of carbonyl (C=O) groups is 2. The smallest absolute Gasteiger partial charge is 0.335 e. The molecular formula is C26H22N2O4. The minimum Gasteiger partial charge on any atom is -0.478 e. The lowest BCUT2D eigenvalue weighted by Gasteiger charge is -2.05. The first-order chi connectivity index (χ1) is 15.4. The molecule has 2 aromatic carbocycles. The Bertz CT molecular complexity index is 1320. The van der Waals surface area contributed by atoms with Crippen molar-refractivity contribution in [3.63, 3.8) is 0 Å². The summed E-state index contributed by atoms with van der Waals surface area (Å²) in [6.07, 6.45) is 5.72. The number of aryl methyl sites for hydroxylation is 2. The molecule has 0 fully saturated rings. The van der Waals surface area contributed by atoms with Crippen molar-refractivity contribution >= 4 is 34.6 Å². The maximum atomic E-state index is 12.2. The second-order valence-electron chi connectivity index (χ2n) is 7.62. The van der Waals surface area contributed by atoms with E-state index in [0.29, 0.717) is 18.7 Å². The number of hydrogen-bond donors (Lipinski definition) is 2.